The summed E-state index contributed by atoms with van der Waals surface area (Å²) in [6.45, 7) is 3.53. The molecule has 4 heterocycles. The third-order valence-corrected chi connectivity index (χ3v) is 4.98. The number of carbonyl (C=O) groups excluding carboxylic acids is 3. The van der Waals surface area contributed by atoms with E-state index in [0.29, 0.717) is 18.6 Å². The van der Waals surface area contributed by atoms with Crippen molar-refractivity contribution in [2.24, 2.45) is 16.6 Å². The van der Waals surface area contributed by atoms with E-state index in [2.05, 4.69) is 40.6 Å². The second-order valence-electron chi connectivity index (χ2n) is 7.45. The van der Waals surface area contributed by atoms with E-state index in [-0.39, 0.29) is 41.6 Å². The second kappa shape index (κ2) is 11.6. The summed E-state index contributed by atoms with van der Waals surface area (Å²) in [5, 5.41) is 18.6. The summed E-state index contributed by atoms with van der Waals surface area (Å²) < 4.78 is 4.13. The average molecular weight is 529 g/mol. The molecule has 0 bridgehead atoms. The number of carbonyl (C=O) groups is 3. The zero-order chi connectivity index (χ0) is 28.0. The molecule has 0 aliphatic carbocycles. The molecule has 0 unspecified atom stereocenters. The number of Topliss-reactive ketones (excluding diaryl/α,β-unsaturated/α-hetero) is 1. The molecule has 4 aromatic rings. The van der Waals surface area contributed by atoms with Gasteiger partial charge in [-0.25, -0.2) is 28.4 Å². The molecule has 0 aliphatic rings. The maximum absolute atomic E-state index is 12.2. The predicted molar refractivity (Wildman–Crippen MR) is 127 cm³/mol. The van der Waals surface area contributed by atoms with Crippen LogP contribution in [0.2, 0.25) is 0 Å². The van der Waals surface area contributed by atoms with E-state index in [1.807, 2.05) is 6.92 Å². The summed E-state index contributed by atoms with van der Waals surface area (Å²) in [6.07, 6.45) is 3.19. The lowest BCUT2D eigenvalue weighted by atomic mass is 10.3. The van der Waals surface area contributed by atoms with Gasteiger partial charge in [-0.15, -0.1) is 10.2 Å². The van der Waals surface area contributed by atoms with Crippen molar-refractivity contribution in [3.63, 3.8) is 0 Å². The summed E-state index contributed by atoms with van der Waals surface area (Å²) in [6, 6.07) is 0. The van der Waals surface area contributed by atoms with Gasteiger partial charge in [-0.3, -0.25) is 14.4 Å². The smallest absolute Gasteiger partial charge is 0.353 e. The number of oxime groups is 1. The van der Waals surface area contributed by atoms with Crippen LogP contribution in [0.1, 0.15) is 47.7 Å². The van der Waals surface area contributed by atoms with Gasteiger partial charge in [0.25, 0.3) is 11.8 Å². The Morgan fingerprint density at radius 1 is 0.842 bits per heavy atom. The molecule has 200 valence electrons. The van der Waals surface area contributed by atoms with E-state index in [0.717, 1.165) is 24.5 Å². The van der Waals surface area contributed by atoms with Crippen molar-refractivity contribution in [1.29, 1.82) is 0 Å². The number of imidazole rings is 2. The molecule has 38 heavy (non-hydrogen) atoms. The number of hydrogen-bond acceptors (Lipinski definition) is 13. The molecule has 19 heteroatoms. The monoisotopic (exact) mass is 529 g/mol. The van der Waals surface area contributed by atoms with Gasteiger partial charge in [0.05, 0.1) is 12.3 Å². The van der Waals surface area contributed by atoms with Gasteiger partial charge in [0.15, 0.2) is 28.5 Å². The summed E-state index contributed by atoms with van der Waals surface area (Å²) in [5.41, 5.74) is 9.51. The number of nitrogens with zero attached hydrogens (tertiary/aromatic N) is 11. The Balaban J connectivity index is 0.000000212. The van der Waals surface area contributed by atoms with E-state index in [4.69, 9.17) is 11.5 Å². The number of rotatable bonds is 9. The molecule has 0 saturated carbocycles. The molecule has 4 aromatic heterocycles. The van der Waals surface area contributed by atoms with Gasteiger partial charge in [-0.1, -0.05) is 29.4 Å². The zero-order valence-electron chi connectivity index (χ0n) is 20.5. The van der Waals surface area contributed by atoms with E-state index < -0.39 is 23.2 Å². The molecule has 4 N–H and O–H groups in total. The number of aromatic nitrogens is 10. The molecule has 19 nitrogen and oxygen atoms in total. The van der Waals surface area contributed by atoms with Crippen molar-refractivity contribution < 1.29 is 19.2 Å². The van der Waals surface area contributed by atoms with Gasteiger partial charge in [0.2, 0.25) is 0 Å². The first kappa shape index (κ1) is 27.2. The van der Waals surface area contributed by atoms with Crippen LogP contribution >= 0.6 is 0 Å². The van der Waals surface area contributed by atoms with E-state index in [1.54, 1.807) is 6.92 Å². The Morgan fingerprint density at radius 2 is 1.32 bits per heavy atom. The first-order valence-corrected chi connectivity index (χ1v) is 10.9. The first-order chi connectivity index (χ1) is 18.1. The summed E-state index contributed by atoms with van der Waals surface area (Å²) in [5.74, 6) is -1.72. The molecule has 0 fully saturated rings. The van der Waals surface area contributed by atoms with Crippen LogP contribution in [-0.4, -0.2) is 79.2 Å². The van der Waals surface area contributed by atoms with Crippen molar-refractivity contribution in [2.45, 2.75) is 39.8 Å². The lowest BCUT2D eigenvalue weighted by molar-refractivity contribution is -0.119. The van der Waals surface area contributed by atoms with E-state index in [1.165, 1.54) is 13.4 Å². The fourth-order valence-corrected chi connectivity index (χ4v) is 3.01. The molecular weight excluding hydrogens is 506 g/mol. The molecule has 0 aliphatic heterocycles. The van der Waals surface area contributed by atoms with E-state index >= 15 is 0 Å². The maximum atomic E-state index is 12.2. The predicted octanol–water partition coefficient (Wildman–Crippen LogP) is -2.84. The Labute approximate surface area is 211 Å². The summed E-state index contributed by atoms with van der Waals surface area (Å²) in [4.78, 5) is 69.5. The van der Waals surface area contributed by atoms with Crippen LogP contribution in [-0.2, 0) is 22.7 Å². The van der Waals surface area contributed by atoms with Crippen molar-refractivity contribution in [1.82, 2.24) is 48.8 Å². The van der Waals surface area contributed by atoms with Crippen molar-refractivity contribution in [2.75, 3.05) is 7.11 Å². The number of fused-ring (bicyclic) bond motifs is 2. The van der Waals surface area contributed by atoms with Crippen LogP contribution in [0.3, 0.4) is 0 Å². The highest BCUT2D eigenvalue weighted by Crippen LogP contribution is 2.02. The molecule has 0 saturated heterocycles. The quantitative estimate of drug-likeness (QED) is 0.164. The zero-order valence-corrected chi connectivity index (χ0v) is 20.5. The minimum absolute atomic E-state index is 0.0207. The largest absolute Gasteiger partial charge is 0.399 e. The van der Waals surface area contributed by atoms with Gasteiger partial charge in [0.1, 0.15) is 26.3 Å². The standard InChI is InChI=1S/C10H13N7O3.C9H10N6O3/c1-3-6(14-20-2)4-17-10(19)16-5-12-7(8(11)18)9(16)13-15-17;1-2-5(16)3-15-9(18)14-4-11-6(7(10)17)8(14)12-13-15/h5H,3-4H2,1-2H3,(H2,11,18);4H,2-3H2,1H3,(H2,10,17). The van der Waals surface area contributed by atoms with Gasteiger partial charge in [0, 0.05) is 6.42 Å². The van der Waals surface area contributed by atoms with Crippen LogP contribution in [0.5, 0.6) is 0 Å². The third kappa shape index (κ3) is 5.55. The number of primary amides is 2. The highest BCUT2D eigenvalue weighted by atomic mass is 16.6. The Kier molecular flexibility index (Phi) is 8.30. The normalized spacial score (nSPS) is 11.3. The minimum Gasteiger partial charge on any atom is -0.399 e. The molecule has 2 amide bonds. The highest BCUT2D eigenvalue weighted by molar-refractivity contribution is 5.97. The summed E-state index contributed by atoms with van der Waals surface area (Å²) in [7, 11) is 1.42. The van der Waals surface area contributed by atoms with Crippen LogP contribution < -0.4 is 22.8 Å². The van der Waals surface area contributed by atoms with Gasteiger partial charge < -0.3 is 16.3 Å². The van der Waals surface area contributed by atoms with Gasteiger partial charge >= 0.3 is 11.4 Å². The molecule has 0 radical (unpaired) electrons. The van der Waals surface area contributed by atoms with Crippen LogP contribution in [0.15, 0.2) is 27.4 Å². The third-order valence-electron chi connectivity index (χ3n) is 4.98. The lowest BCUT2D eigenvalue weighted by Crippen LogP contribution is -2.32. The van der Waals surface area contributed by atoms with Crippen molar-refractivity contribution in [3.8, 4) is 0 Å². The second-order valence-corrected chi connectivity index (χ2v) is 7.45. The number of amides is 2. The number of ketones is 1. The lowest BCUT2D eigenvalue weighted by Gasteiger charge is -2.04. The fraction of sp³-hybridized carbons (Fsp3) is 0.368. The topological polar surface area (TPSA) is 255 Å². The van der Waals surface area contributed by atoms with Gasteiger partial charge in [-0.05, 0) is 6.42 Å². The SMILES string of the molecule is CCC(=O)Cn1nnc2c(C(N)=O)ncn2c1=O.CCC(Cn1nnc2c(C(N)=O)ncn2c1=O)=NOC. The Morgan fingerprint density at radius 3 is 1.71 bits per heavy atom. The molecule has 0 atom stereocenters. The minimum atomic E-state index is -0.798. The van der Waals surface area contributed by atoms with Crippen molar-refractivity contribution in [3.05, 3.63) is 45.0 Å². The molecule has 0 spiro atoms. The summed E-state index contributed by atoms with van der Waals surface area (Å²) >= 11 is 0. The van der Waals surface area contributed by atoms with Crippen LogP contribution in [0.4, 0.5) is 0 Å². The molecule has 4 rings (SSSR count). The van der Waals surface area contributed by atoms with Gasteiger partial charge in [-0.2, -0.15) is 9.36 Å². The number of hydrogen-bond donors (Lipinski definition) is 2. The van der Waals surface area contributed by atoms with E-state index in [9.17, 15) is 24.0 Å². The first-order valence-electron chi connectivity index (χ1n) is 10.9. The molecule has 0 aromatic carbocycles. The average Bonchev–Trinajstić information content (AvgIpc) is 3.53. The fourth-order valence-electron chi connectivity index (χ4n) is 3.01. The maximum Gasteiger partial charge on any atom is 0.353 e. The van der Waals surface area contributed by atoms with Crippen molar-refractivity contribution >= 4 is 34.6 Å². The number of nitrogens with two attached hydrogens (primary N) is 2. The molecular formula is C19H23N13O6. The Hall–Kier alpha value is -5.36. The Bertz CT molecular complexity index is 1660. The van der Waals surface area contributed by atoms with Crippen LogP contribution in [0.25, 0.3) is 11.3 Å². The highest BCUT2D eigenvalue weighted by Gasteiger charge is 2.17. The van der Waals surface area contributed by atoms with Crippen LogP contribution in [0, 0.1) is 0 Å².